The van der Waals surface area contributed by atoms with E-state index in [1.807, 2.05) is 29.6 Å². The average molecular weight is 448 g/mol. The Hall–Kier alpha value is -3.29. The van der Waals surface area contributed by atoms with Crippen LogP contribution in [-0.4, -0.2) is 16.7 Å². The molecule has 0 aliphatic carbocycles. The molecule has 3 N–H and O–H groups in total. The number of aromatic nitrogens is 1. The van der Waals surface area contributed by atoms with Crippen LogP contribution in [0.15, 0.2) is 60.0 Å². The van der Waals surface area contributed by atoms with E-state index >= 15 is 0 Å². The quantitative estimate of drug-likeness (QED) is 0.267. The summed E-state index contributed by atoms with van der Waals surface area (Å²) in [5.41, 5.74) is 8.81. The first-order valence-corrected chi connectivity index (χ1v) is 11.6. The summed E-state index contributed by atoms with van der Waals surface area (Å²) in [6.07, 6.45) is 5.25. The van der Waals surface area contributed by atoms with Crippen LogP contribution in [0.4, 0.5) is 11.4 Å². The highest BCUT2D eigenvalue weighted by molar-refractivity contribution is 7.21. The lowest BCUT2D eigenvalue weighted by molar-refractivity contribution is 0.102. The monoisotopic (exact) mass is 447 g/mol. The first-order chi connectivity index (χ1) is 15.0. The van der Waals surface area contributed by atoms with Crippen LogP contribution in [0.1, 0.15) is 43.9 Å². The van der Waals surface area contributed by atoms with E-state index in [-0.39, 0.29) is 11.7 Å². The van der Waals surface area contributed by atoms with Crippen molar-refractivity contribution in [2.45, 2.75) is 19.8 Å². The lowest BCUT2D eigenvalue weighted by atomic mass is 10.1. The number of aryl methyl sites for hydroxylation is 1. The third kappa shape index (κ3) is 4.73. The van der Waals surface area contributed by atoms with Gasteiger partial charge in [0.15, 0.2) is 5.78 Å². The Balaban J connectivity index is 1.47. The van der Waals surface area contributed by atoms with Crippen LogP contribution in [0.5, 0.6) is 0 Å². The molecular formula is C24H21N3O2S2. The van der Waals surface area contributed by atoms with Crippen molar-refractivity contribution in [2.24, 2.45) is 0 Å². The molecule has 0 spiro atoms. The molecule has 7 heteroatoms. The highest BCUT2D eigenvalue weighted by Crippen LogP contribution is 2.33. The van der Waals surface area contributed by atoms with Crippen LogP contribution in [0.25, 0.3) is 16.3 Å². The molecule has 0 unspecified atom stereocenters. The molecule has 5 nitrogen and oxygen atoms in total. The Morgan fingerprint density at radius 3 is 2.65 bits per heavy atom. The van der Waals surface area contributed by atoms with E-state index in [9.17, 15) is 9.59 Å². The van der Waals surface area contributed by atoms with Crippen molar-refractivity contribution < 1.29 is 9.59 Å². The Bertz CT molecular complexity index is 1260. The predicted octanol–water partition coefficient (Wildman–Crippen LogP) is 6.04. The van der Waals surface area contributed by atoms with Crippen molar-refractivity contribution in [3.8, 4) is 0 Å². The van der Waals surface area contributed by atoms with E-state index in [0.717, 1.165) is 33.6 Å². The molecule has 0 saturated carbocycles. The zero-order valence-electron chi connectivity index (χ0n) is 16.9. The highest BCUT2D eigenvalue weighted by atomic mass is 32.1. The Morgan fingerprint density at radius 1 is 1.13 bits per heavy atom. The maximum absolute atomic E-state index is 12.8. The normalized spacial score (nSPS) is 11.3. The fraction of sp³-hybridized carbons (Fsp3) is 0.125. The van der Waals surface area contributed by atoms with Gasteiger partial charge >= 0.3 is 0 Å². The van der Waals surface area contributed by atoms with Crippen molar-refractivity contribution in [1.82, 2.24) is 4.98 Å². The number of anilines is 2. The fourth-order valence-corrected chi connectivity index (χ4v) is 4.77. The third-order valence-corrected chi connectivity index (χ3v) is 6.68. The second-order valence-corrected chi connectivity index (χ2v) is 8.97. The van der Waals surface area contributed by atoms with Crippen LogP contribution in [0, 0.1) is 0 Å². The van der Waals surface area contributed by atoms with Gasteiger partial charge in [-0.05, 0) is 66.4 Å². The molecule has 0 saturated heterocycles. The number of fused-ring (bicyclic) bond motifs is 1. The van der Waals surface area contributed by atoms with Crippen LogP contribution in [-0.2, 0) is 6.42 Å². The van der Waals surface area contributed by atoms with E-state index < -0.39 is 0 Å². The maximum Gasteiger partial charge on any atom is 0.267 e. The maximum atomic E-state index is 12.8. The second-order valence-electron chi connectivity index (χ2n) is 6.99. The number of hydrogen-bond donors (Lipinski definition) is 2. The number of nitrogen functional groups attached to an aromatic ring is 1. The van der Waals surface area contributed by atoms with Crippen LogP contribution in [0.3, 0.4) is 0 Å². The van der Waals surface area contributed by atoms with E-state index in [1.54, 1.807) is 47.8 Å². The first kappa shape index (κ1) is 21.0. The number of amides is 1. The SMILES string of the molecule is CCCc1ccc2c(N)c(C(=O)Nc3ccc(C(=O)/C=C/c4cccs4)cc3)sc2n1. The lowest BCUT2D eigenvalue weighted by Crippen LogP contribution is -2.12. The number of thiophene rings is 2. The van der Waals surface area contributed by atoms with Crippen molar-refractivity contribution in [2.75, 3.05) is 11.1 Å². The molecule has 0 aliphatic heterocycles. The average Bonchev–Trinajstić information content (AvgIpc) is 3.41. The molecule has 0 atom stereocenters. The summed E-state index contributed by atoms with van der Waals surface area (Å²) in [5, 5.41) is 5.62. The van der Waals surface area contributed by atoms with Crippen molar-refractivity contribution in [3.63, 3.8) is 0 Å². The van der Waals surface area contributed by atoms with Crippen LogP contribution in [0.2, 0.25) is 0 Å². The van der Waals surface area contributed by atoms with Crippen LogP contribution >= 0.6 is 22.7 Å². The number of carbonyl (C=O) groups excluding carboxylic acids is 2. The largest absolute Gasteiger partial charge is 0.397 e. The number of nitrogens with two attached hydrogens (primary N) is 1. The van der Waals surface area contributed by atoms with Crippen molar-refractivity contribution in [1.29, 1.82) is 0 Å². The van der Waals surface area contributed by atoms with Gasteiger partial charge in [0.2, 0.25) is 0 Å². The smallest absolute Gasteiger partial charge is 0.267 e. The topological polar surface area (TPSA) is 85.1 Å². The van der Waals surface area contributed by atoms with Gasteiger partial charge in [0.1, 0.15) is 9.71 Å². The van der Waals surface area contributed by atoms with Gasteiger partial charge in [-0.3, -0.25) is 9.59 Å². The van der Waals surface area contributed by atoms with Gasteiger partial charge in [-0.15, -0.1) is 22.7 Å². The molecule has 1 amide bonds. The number of rotatable bonds is 7. The molecule has 156 valence electrons. The van der Waals surface area contributed by atoms with Gasteiger partial charge in [0, 0.05) is 27.2 Å². The van der Waals surface area contributed by atoms with E-state index in [4.69, 9.17) is 5.73 Å². The number of benzene rings is 1. The fourth-order valence-electron chi connectivity index (χ4n) is 3.15. The van der Waals surface area contributed by atoms with Gasteiger partial charge in [0.05, 0.1) is 5.69 Å². The summed E-state index contributed by atoms with van der Waals surface area (Å²) < 4.78 is 0. The molecule has 1 aromatic carbocycles. The Kier molecular flexibility index (Phi) is 6.25. The molecular weight excluding hydrogens is 426 g/mol. The Labute approximate surface area is 188 Å². The molecule has 4 aromatic rings. The van der Waals surface area contributed by atoms with Gasteiger partial charge < -0.3 is 11.1 Å². The zero-order chi connectivity index (χ0) is 21.8. The number of nitrogens with one attached hydrogen (secondary N) is 1. The van der Waals surface area contributed by atoms with E-state index in [0.29, 0.717) is 21.8 Å². The lowest BCUT2D eigenvalue weighted by Gasteiger charge is -2.05. The van der Waals surface area contributed by atoms with Gasteiger partial charge in [0.25, 0.3) is 5.91 Å². The molecule has 4 rings (SSSR count). The summed E-state index contributed by atoms with van der Waals surface area (Å²) in [6, 6.07) is 14.6. The highest BCUT2D eigenvalue weighted by Gasteiger charge is 2.18. The van der Waals surface area contributed by atoms with E-state index in [2.05, 4.69) is 17.2 Å². The molecule has 3 aromatic heterocycles. The summed E-state index contributed by atoms with van der Waals surface area (Å²) in [6.45, 7) is 2.10. The zero-order valence-corrected chi connectivity index (χ0v) is 18.6. The van der Waals surface area contributed by atoms with Gasteiger partial charge in [-0.2, -0.15) is 0 Å². The summed E-state index contributed by atoms with van der Waals surface area (Å²) in [7, 11) is 0. The third-order valence-electron chi connectivity index (χ3n) is 4.73. The number of pyridine rings is 1. The van der Waals surface area contributed by atoms with Crippen LogP contribution < -0.4 is 11.1 Å². The van der Waals surface area contributed by atoms with Crippen molar-refractivity contribution >= 4 is 62.0 Å². The van der Waals surface area contributed by atoms with Gasteiger partial charge in [-0.25, -0.2) is 4.98 Å². The molecule has 31 heavy (non-hydrogen) atoms. The molecule has 0 radical (unpaired) electrons. The molecule has 3 heterocycles. The minimum absolute atomic E-state index is 0.0889. The van der Waals surface area contributed by atoms with Crippen molar-refractivity contribution in [3.05, 3.63) is 81.0 Å². The van der Waals surface area contributed by atoms with E-state index in [1.165, 1.54) is 11.3 Å². The number of allylic oxidation sites excluding steroid dienone is 1. The number of ketones is 1. The number of carbonyl (C=O) groups is 2. The Morgan fingerprint density at radius 2 is 1.94 bits per heavy atom. The molecule has 0 bridgehead atoms. The summed E-state index contributed by atoms with van der Waals surface area (Å²) in [5.74, 6) is -0.372. The predicted molar refractivity (Wildman–Crippen MR) is 130 cm³/mol. The van der Waals surface area contributed by atoms with Gasteiger partial charge in [-0.1, -0.05) is 19.4 Å². The minimum Gasteiger partial charge on any atom is -0.397 e. The second kappa shape index (κ2) is 9.24. The number of hydrogen-bond acceptors (Lipinski definition) is 6. The standard InChI is InChI=1S/C24H21N3O2S2/c1-2-4-16-10-12-19-21(25)22(31-24(19)27-16)23(29)26-17-8-6-15(7-9-17)20(28)13-11-18-5-3-14-30-18/h3,5-14H,2,4,25H2,1H3,(H,26,29)/b13-11+. The number of nitrogens with zero attached hydrogens (tertiary/aromatic N) is 1. The minimum atomic E-state index is -0.283. The first-order valence-electron chi connectivity index (χ1n) is 9.90. The summed E-state index contributed by atoms with van der Waals surface area (Å²) >= 11 is 2.87. The summed E-state index contributed by atoms with van der Waals surface area (Å²) in [4.78, 5) is 32.0. The molecule has 0 aliphatic rings. The molecule has 0 fully saturated rings.